The number of carbonyl (C=O) groups excluding carboxylic acids is 3. The van der Waals surface area contributed by atoms with Crippen LogP contribution in [0.25, 0.3) is 0 Å². The number of esters is 1. The zero-order chi connectivity index (χ0) is 23.2. The summed E-state index contributed by atoms with van der Waals surface area (Å²) >= 11 is 0. The number of amides is 2. The van der Waals surface area contributed by atoms with Gasteiger partial charge in [0.1, 0.15) is 5.60 Å². The van der Waals surface area contributed by atoms with Crippen LogP contribution in [0.3, 0.4) is 0 Å². The lowest BCUT2D eigenvalue weighted by Crippen LogP contribution is -2.43. The van der Waals surface area contributed by atoms with E-state index in [4.69, 9.17) is 9.47 Å². The van der Waals surface area contributed by atoms with E-state index in [-0.39, 0.29) is 30.5 Å². The average Bonchev–Trinajstić information content (AvgIpc) is 2.71. The van der Waals surface area contributed by atoms with Crippen LogP contribution in [0.5, 0.6) is 0 Å². The summed E-state index contributed by atoms with van der Waals surface area (Å²) in [5, 5.41) is 0. The van der Waals surface area contributed by atoms with Crippen molar-refractivity contribution in [2.24, 2.45) is 5.92 Å². The van der Waals surface area contributed by atoms with Gasteiger partial charge in [0, 0.05) is 46.5 Å². The van der Waals surface area contributed by atoms with Gasteiger partial charge in [-0.3, -0.25) is 9.59 Å². The van der Waals surface area contributed by atoms with Gasteiger partial charge in [-0.1, -0.05) is 12.1 Å². The molecule has 0 atom stereocenters. The summed E-state index contributed by atoms with van der Waals surface area (Å²) in [6.07, 6.45) is 0.635. The van der Waals surface area contributed by atoms with Crippen LogP contribution in [0, 0.1) is 5.92 Å². The third-order valence-corrected chi connectivity index (χ3v) is 5.12. The number of benzene rings is 1. The molecule has 0 bridgehead atoms. The third-order valence-electron chi connectivity index (χ3n) is 5.12. The molecular formula is C23H35N3O5. The van der Waals surface area contributed by atoms with Crippen molar-refractivity contribution < 1.29 is 23.9 Å². The van der Waals surface area contributed by atoms with Gasteiger partial charge in [-0.15, -0.1) is 0 Å². The van der Waals surface area contributed by atoms with Gasteiger partial charge in [-0.05, 0) is 51.3 Å². The van der Waals surface area contributed by atoms with Gasteiger partial charge in [0.05, 0.1) is 5.92 Å². The summed E-state index contributed by atoms with van der Waals surface area (Å²) in [4.78, 5) is 42.0. The fourth-order valence-electron chi connectivity index (χ4n) is 3.25. The lowest BCUT2D eigenvalue weighted by atomic mass is 9.97. The highest BCUT2D eigenvalue weighted by Crippen LogP contribution is 2.21. The smallest absolute Gasteiger partial charge is 0.410 e. The normalized spacial score (nSPS) is 14.7. The van der Waals surface area contributed by atoms with E-state index in [1.165, 1.54) is 0 Å². The molecule has 1 fully saturated rings. The van der Waals surface area contributed by atoms with Crippen LogP contribution < -0.4 is 4.90 Å². The Kier molecular flexibility index (Phi) is 8.30. The lowest BCUT2D eigenvalue weighted by Gasteiger charge is -2.32. The molecule has 0 saturated carbocycles. The number of nitrogens with zero attached hydrogens (tertiary/aromatic N) is 3. The van der Waals surface area contributed by atoms with E-state index < -0.39 is 5.60 Å². The van der Waals surface area contributed by atoms with Gasteiger partial charge in [0.2, 0.25) is 0 Å². The summed E-state index contributed by atoms with van der Waals surface area (Å²) in [6.45, 7) is 6.50. The maximum atomic E-state index is 12.4. The number of rotatable bonds is 6. The Bertz CT molecular complexity index is 762. The highest BCUT2D eigenvalue weighted by atomic mass is 16.6. The molecule has 1 aliphatic rings. The van der Waals surface area contributed by atoms with E-state index >= 15 is 0 Å². The molecule has 0 aliphatic carbocycles. The number of hydrogen-bond acceptors (Lipinski definition) is 6. The van der Waals surface area contributed by atoms with E-state index in [1.807, 2.05) is 64.0 Å². The second-order valence-electron chi connectivity index (χ2n) is 9.16. The summed E-state index contributed by atoms with van der Waals surface area (Å²) in [6, 6.07) is 7.95. The first-order chi connectivity index (χ1) is 14.5. The minimum Gasteiger partial charge on any atom is -0.455 e. The van der Waals surface area contributed by atoms with Crippen LogP contribution in [0.1, 0.15) is 39.2 Å². The largest absolute Gasteiger partial charge is 0.455 e. The molecule has 8 heteroatoms. The number of likely N-dealkylation sites (N-methyl/N-ethyl adjacent to an activating group) is 1. The Labute approximate surface area is 185 Å². The molecule has 0 unspecified atom stereocenters. The fourth-order valence-corrected chi connectivity index (χ4v) is 3.25. The number of hydrogen-bond donors (Lipinski definition) is 0. The van der Waals surface area contributed by atoms with Gasteiger partial charge in [-0.2, -0.15) is 0 Å². The molecule has 0 aromatic heterocycles. The number of likely N-dealkylation sites (tertiary alicyclic amines) is 1. The monoisotopic (exact) mass is 433 g/mol. The standard InChI is InChI=1S/C23H35N3O5/c1-23(2,3)31-22(29)26-13-11-18(12-14-26)21(28)30-16-20(27)25(6)15-17-7-9-19(10-8-17)24(4)5/h7-10,18H,11-16H2,1-6H3. The predicted octanol–water partition coefficient (Wildman–Crippen LogP) is 2.90. The van der Waals surface area contributed by atoms with E-state index in [0.29, 0.717) is 32.5 Å². The number of anilines is 1. The highest BCUT2D eigenvalue weighted by Gasteiger charge is 2.31. The van der Waals surface area contributed by atoms with Gasteiger partial charge in [-0.25, -0.2) is 4.79 Å². The van der Waals surface area contributed by atoms with Crippen molar-refractivity contribution in [3.05, 3.63) is 29.8 Å². The fraction of sp³-hybridized carbons (Fsp3) is 0.609. The number of piperidine rings is 1. The van der Waals surface area contributed by atoms with Gasteiger partial charge >= 0.3 is 12.1 Å². The minimum atomic E-state index is -0.548. The van der Waals surface area contributed by atoms with Crippen LogP contribution in [-0.4, -0.2) is 74.2 Å². The third kappa shape index (κ3) is 7.77. The quantitative estimate of drug-likeness (QED) is 0.642. The maximum absolute atomic E-state index is 12.4. The summed E-state index contributed by atoms with van der Waals surface area (Å²) in [5.41, 5.74) is 1.54. The van der Waals surface area contributed by atoms with Crippen molar-refractivity contribution in [3.63, 3.8) is 0 Å². The van der Waals surface area contributed by atoms with Crippen LogP contribution in [0.2, 0.25) is 0 Å². The molecule has 0 spiro atoms. The van der Waals surface area contributed by atoms with Crippen molar-refractivity contribution in [2.45, 2.75) is 45.8 Å². The molecule has 2 rings (SSSR count). The molecule has 1 aliphatic heterocycles. The lowest BCUT2D eigenvalue weighted by molar-refractivity contribution is -0.156. The molecule has 0 radical (unpaired) electrons. The van der Waals surface area contributed by atoms with Crippen LogP contribution in [-0.2, 0) is 25.6 Å². The second kappa shape index (κ2) is 10.5. The predicted molar refractivity (Wildman–Crippen MR) is 119 cm³/mol. The van der Waals surface area contributed by atoms with E-state index in [0.717, 1.165) is 11.3 Å². The van der Waals surface area contributed by atoms with Crippen molar-refractivity contribution in [2.75, 3.05) is 45.7 Å². The first kappa shape index (κ1) is 24.5. The molecule has 31 heavy (non-hydrogen) atoms. The molecule has 172 valence electrons. The molecule has 1 aromatic rings. The highest BCUT2D eigenvalue weighted by molar-refractivity contribution is 5.81. The Morgan fingerprint density at radius 2 is 1.61 bits per heavy atom. The van der Waals surface area contributed by atoms with Crippen LogP contribution in [0.4, 0.5) is 10.5 Å². The number of ether oxygens (including phenoxy) is 2. The van der Waals surface area contributed by atoms with E-state index in [1.54, 1.807) is 16.8 Å². The topological polar surface area (TPSA) is 79.4 Å². The Morgan fingerprint density at radius 3 is 2.13 bits per heavy atom. The van der Waals surface area contributed by atoms with Crippen LogP contribution >= 0.6 is 0 Å². The van der Waals surface area contributed by atoms with Gasteiger partial charge < -0.3 is 24.2 Å². The first-order valence-corrected chi connectivity index (χ1v) is 10.6. The van der Waals surface area contributed by atoms with Crippen molar-refractivity contribution >= 4 is 23.7 Å². The summed E-state index contributed by atoms with van der Waals surface area (Å²) < 4.78 is 10.6. The second-order valence-corrected chi connectivity index (χ2v) is 9.16. The summed E-state index contributed by atoms with van der Waals surface area (Å²) in [7, 11) is 5.64. The van der Waals surface area contributed by atoms with Crippen LogP contribution in [0.15, 0.2) is 24.3 Å². The molecule has 0 N–H and O–H groups in total. The Hall–Kier alpha value is -2.77. The molecule has 1 aromatic carbocycles. The molecular weight excluding hydrogens is 398 g/mol. The zero-order valence-electron chi connectivity index (χ0n) is 19.5. The molecule has 1 heterocycles. The Balaban J connectivity index is 1.74. The van der Waals surface area contributed by atoms with Crippen molar-refractivity contribution in [1.82, 2.24) is 9.80 Å². The molecule has 2 amide bonds. The maximum Gasteiger partial charge on any atom is 0.410 e. The van der Waals surface area contributed by atoms with Gasteiger partial charge in [0.15, 0.2) is 6.61 Å². The molecule has 8 nitrogen and oxygen atoms in total. The van der Waals surface area contributed by atoms with E-state index in [2.05, 4.69) is 0 Å². The zero-order valence-corrected chi connectivity index (χ0v) is 19.5. The minimum absolute atomic E-state index is 0.253. The van der Waals surface area contributed by atoms with Crippen molar-refractivity contribution in [1.29, 1.82) is 0 Å². The average molecular weight is 434 g/mol. The van der Waals surface area contributed by atoms with Crippen molar-refractivity contribution in [3.8, 4) is 0 Å². The van der Waals surface area contributed by atoms with Gasteiger partial charge in [0.25, 0.3) is 5.91 Å². The number of carbonyl (C=O) groups is 3. The SMILES string of the molecule is CN(Cc1ccc(N(C)C)cc1)C(=O)COC(=O)C1CCN(C(=O)OC(C)(C)C)CC1. The summed E-state index contributed by atoms with van der Waals surface area (Å²) in [5.74, 6) is -0.951. The van der Waals surface area contributed by atoms with E-state index in [9.17, 15) is 14.4 Å². The first-order valence-electron chi connectivity index (χ1n) is 10.6. The Morgan fingerprint density at radius 1 is 1.03 bits per heavy atom. The molecule has 1 saturated heterocycles.